The van der Waals surface area contributed by atoms with Crippen molar-refractivity contribution in [3.05, 3.63) is 64.5 Å². The molecule has 0 radical (unpaired) electrons. The molecule has 1 N–H and O–H groups in total. The Bertz CT molecular complexity index is 575. The van der Waals surface area contributed by atoms with E-state index in [1.54, 1.807) is 6.07 Å². The molecule has 0 aromatic heterocycles. The van der Waals surface area contributed by atoms with Crippen LogP contribution in [-0.4, -0.2) is 7.05 Å². The SMILES string of the molecule is CNCc1ccc(F)c(COc2cc(C)cc(C)c2)c1. The lowest BCUT2D eigenvalue weighted by Gasteiger charge is -2.10. The fourth-order valence-electron chi connectivity index (χ4n) is 2.23. The van der Waals surface area contributed by atoms with Gasteiger partial charge in [-0.25, -0.2) is 4.39 Å². The molecule has 20 heavy (non-hydrogen) atoms. The molecule has 0 saturated heterocycles. The Morgan fingerprint density at radius 1 is 1.05 bits per heavy atom. The number of hydrogen-bond acceptors (Lipinski definition) is 2. The first-order valence-corrected chi connectivity index (χ1v) is 6.71. The van der Waals surface area contributed by atoms with Crippen LogP contribution in [0.4, 0.5) is 4.39 Å². The van der Waals surface area contributed by atoms with Gasteiger partial charge in [-0.2, -0.15) is 0 Å². The van der Waals surface area contributed by atoms with Crippen LogP contribution in [0.2, 0.25) is 0 Å². The molecule has 106 valence electrons. The molecule has 2 aromatic carbocycles. The van der Waals surface area contributed by atoms with Crippen molar-refractivity contribution in [1.82, 2.24) is 5.32 Å². The van der Waals surface area contributed by atoms with Gasteiger partial charge in [0.25, 0.3) is 0 Å². The maximum atomic E-state index is 13.8. The van der Waals surface area contributed by atoms with Crippen LogP contribution >= 0.6 is 0 Å². The summed E-state index contributed by atoms with van der Waals surface area (Å²) in [5, 5.41) is 3.06. The van der Waals surface area contributed by atoms with Crippen LogP contribution in [0.15, 0.2) is 36.4 Å². The standard InChI is InChI=1S/C17H20FNO/c1-12-6-13(2)8-16(7-12)20-11-15-9-14(10-19-3)4-5-17(15)18/h4-9,19H,10-11H2,1-3H3. The third kappa shape index (κ3) is 3.81. The summed E-state index contributed by atoms with van der Waals surface area (Å²) < 4.78 is 19.5. The third-order valence-electron chi connectivity index (χ3n) is 3.08. The van der Waals surface area contributed by atoms with Gasteiger partial charge in [0.2, 0.25) is 0 Å². The number of ether oxygens (including phenoxy) is 1. The zero-order chi connectivity index (χ0) is 14.5. The third-order valence-corrected chi connectivity index (χ3v) is 3.08. The van der Waals surface area contributed by atoms with E-state index >= 15 is 0 Å². The minimum Gasteiger partial charge on any atom is -0.489 e. The monoisotopic (exact) mass is 273 g/mol. The second-order valence-corrected chi connectivity index (χ2v) is 5.07. The molecule has 2 nitrogen and oxygen atoms in total. The Kier molecular flexibility index (Phi) is 4.74. The van der Waals surface area contributed by atoms with E-state index in [-0.39, 0.29) is 12.4 Å². The maximum Gasteiger partial charge on any atom is 0.129 e. The summed E-state index contributed by atoms with van der Waals surface area (Å²) >= 11 is 0. The van der Waals surface area contributed by atoms with Crippen LogP contribution in [0.25, 0.3) is 0 Å². The highest BCUT2D eigenvalue weighted by molar-refractivity contribution is 5.33. The van der Waals surface area contributed by atoms with Crippen molar-refractivity contribution in [3.63, 3.8) is 0 Å². The number of rotatable bonds is 5. The summed E-state index contributed by atoms with van der Waals surface area (Å²) in [7, 11) is 1.87. The van der Waals surface area contributed by atoms with Crippen molar-refractivity contribution < 1.29 is 9.13 Å². The van der Waals surface area contributed by atoms with Gasteiger partial charge in [-0.15, -0.1) is 0 Å². The molecule has 0 aliphatic rings. The molecule has 0 unspecified atom stereocenters. The number of aryl methyl sites for hydroxylation is 2. The smallest absolute Gasteiger partial charge is 0.129 e. The van der Waals surface area contributed by atoms with Crippen LogP contribution in [0.5, 0.6) is 5.75 Å². The number of benzene rings is 2. The van der Waals surface area contributed by atoms with E-state index in [1.165, 1.54) is 6.07 Å². The molecule has 0 saturated carbocycles. The highest BCUT2D eigenvalue weighted by atomic mass is 19.1. The fourth-order valence-corrected chi connectivity index (χ4v) is 2.23. The van der Waals surface area contributed by atoms with E-state index < -0.39 is 0 Å². The molecule has 0 bridgehead atoms. The molecular weight excluding hydrogens is 253 g/mol. The first-order chi connectivity index (χ1) is 9.58. The summed E-state index contributed by atoms with van der Waals surface area (Å²) in [6, 6.07) is 11.1. The summed E-state index contributed by atoms with van der Waals surface area (Å²) in [6.45, 7) is 5.01. The summed E-state index contributed by atoms with van der Waals surface area (Å²) in [6.07, 6.45) is 0. The Morgan fingerprint density at radius 3 is 2.40 bits per heavy atom. The van der Waals surface area contributed by atoms with Gasteiger partial charge in [0.15, 0.2) is 0 Å². The number of nitrogens with one attached hydrogen (secondary N) is 1. The Morgan fingerprint density at radius 2 is 1.75 bits per heavy atom. The first-order valence-electron chi connectivity index (χ1n) is 6.71. The molecule has 0 fully saturated rings. The molecule has 0 atom stereocenters. The van der Waals surface area contributed by atoms with Crippen LogP contribution in [-0.2, 0) is 13.2 Å². The van der Waals surface area contributed by atoms with E-state index in [9.17, 15) is 4.39 Å². The molecule has 2 rings (SSSR count). The van der Waals surface area contributed by atoms with Crippen LogP contribution in [0.3, 0.4) is 0 Å². The molecule has 0 spiro atoms. The molecule has 2 aromatic rings. The van der Waals surface area contributed by atoms with Gasteiger partial charge < -0.3 is 10.1 Å². The zero-order valence-electron chi connectivity index (χ0n) is 12.2. The first kappa shape index (κ1) is 14.5. The minimum absolute atomic E-state index is 0.228. The molecule has 0 aliphatic heterocycles. The second-order valence-electron chi connectivity index (χ2n) is 5.07. The van der Waals surface area contributed by atoms with Crippen LogP contribution in [0.1, 0.15) is 22.3 Å². The van der Waals surface area contributed by atoms with E-state index in [0.29, 0.717) is 5.56 Å². The van der Waals surface area contributed by atoms with E-state index in [0.717, 1.165) is 29.0 Å². The van der Waals surface area contributed by atoms with Crippen molar-refractivity contribution >= 4 is 0 Å². The lowest BCUT2D eigenvalue weighted by Crippen LogP contribution is -2.07. The topological polar surface area (TPSA) is 21.3 Å². The Balaban J connectivity index is 2.11. The Hall–Kier alpha value is -1.87. The average molecular weight is 273 g/mol. The predicted octanol–water partition coefficient (Wildman–Crippen LogP) is 3.74. The molecule has 3 heteroatoms. The molecular formula is C17H20FNO. The second kappa shape index (κ2) is 6.53. The van der Waals surface area contributed by atoms with Gasteiger partial charge in [0.05, 0.1) is 0 Å². The van der Waals surface area contributed by atoms with Crippen molar-refractivity contribution in [2.45, 2.75) is 27.0 Å². The summed E-state index contributed by atoms with van der Waals surface area (Å²) in [5.41, 5.74) is 3.92. The Labute approximate surface area is 119 Å². The quantitative estimate of drug-likeness (QED) is 0.896. The van der Waals surface area contributed by atoms with Crippen LogP contribution < -0.4 is 10.1 Å². The van der Waals surface area contributed by atoms with Crippen molar-refractivity contribution in [3.8, 4) is 5.75 Å². The van der Waals surface area contributed by atoms with Gasteiger partial charge in [-0.05, 0) is 61.9 Å². The lowest BCUT2D eigenvalue weighted by atomic mass is 10.1. The number of halogens is 1. The van der Waals surface area contributed by atoms with E-state index in [4.69, 9.17) is 4.74 Å². The molecule has 0 heterocycles. The average Bonchev–Trinajstić information content (AvgIpc) is 2.38. The van der Waals surface area contributed by atoms with Gasteiger partial charge in [0.1, 0.15) is 18.2 Å². The largest absolute Gasteiger partial charge is 0.489 e. The van der Waals surface area contributed by atoms with Crippen molar-refractivity contribution in [2.75, 3.05) is 7.05 Å². The summed E-state index contributed by atoms with van der Waals surface area (Å²) in [4.78, 5) is 0. The van der Waals surface area contributed by atoms with E-state index in [2.05, 4.69) is 11.4 Å². The van der Waals surface area contributed by atoms with Crippen molar-refractivity contribution in [2.24, 2.45) is 0 Å². The normalized spacial score (nSPS) is 10.6. The van der Waals surface area contributed by atoms with Gasteiger partial charge >= 0.3 is 0 Å². The predicted molar refractivity (Wildman–Crippen MR) is 79.4 cm³/mol. The zero-order valence-corrected chi connectivity index (χ0v) is 12.2. The van der Waals surface area contributed by atoms with E-state index in [1.807, 2.05) is 39.1 Å². The highest BCUT2D eigenvalue weighted by Crippen LogP contribution is 2.19. The maximum absolute atomic E-state index is 13.8. The number of hydrogen-bond donors (Lipinski definition) is 1. The van der Waals surface area contributed by atoms with Crippen molar-refractivity contribution in [1.29, 1.82) is 0 Å². The van der Waals surface area contributed by atoms with Gasteiger partial charge in [0, 0.05) is 12.1 Å². The minimum atomic E-state index is -0.228. The van der Waals surface area contributed by atoms with Crippen LogP contribution in [0, 0.1) is 19.7 Å². The molecule has 0 aliphatic carbocycles. The van der Waals surface area contributed by atoms with Gasteiger partial charge in [-0.1, -0.05) is 12.1 Å². The molecule has 0 amide bonds. The highest BCUT2D eigenvalue weighted by Gasteiger charge is 2.05. The summed E-state index contributed by atoms with van der Waals surface area (Å²) in [5.74, 6) is 0.551. The van der Waals surface area contributed by atoms with Gasteiger partial charge in [-0.3, -0.25) is 0 Å². The fraction of sp³-hybridized carbons (Fsp3) is 0.294. The lowest BCUT2D eigenvalue weighted by molar-refractivity contribution is 0.299.